The molecule has 0 saturated heterocycles. The monoisotopic (exact) mass is 263 g/mol. The lowest BCUT2D eigenvalue weighted by molar-refractivity contribution is -0.113. The minimum atomic E-state index is -0.103. The van der Waals surface area contributed by atoms with Gasteiger partial charge in [0.15, 0.2) is 5.16 Å². The Hall–Kier alpha value is -2.02. The van der Waals surface area contributed by atoms with Gasteiger partial charge in [0.25, 0.3) is 0 Å². The van der Waals surface area contributed by atoms with Crippen molar-refractivity contribution in [3.63, 3.8) is 0 Å². The van der Waals surface area contributed by atoms with Gasteiger partial charge in [-0.05, 0) is 18.2 Å². The highest BCUT2D eigenvalue weighted by atomic mass is 32.2. The highest BCUT2D eigenvalue weighted by Crippen LogP contribution is 2.15. The summed E-state index contributed by atoms with van der Waals surface area (Å²) in [7, 11) is 1.83. The molecule has 0 saturated carbocycles. The van der Waals surface area contributed by atoms with Crippen molar-refractivity contribution in [2.24, 2.45) is 7.05 Å². The molecule has 0 unspecified atom stereocenters. The number of rotatable bonds is 4. The predicted molar refractivity (Wildman–Crippen MR) is 71.2 cm³/mol. The van der Waals surface area contributed by atoms with E-state index >= 15 is 0 Å². The van der Waals surface area contributed by atoms with Gasteiger partial charge in [-0.15, -0.1) is 10.2 Å². The number of carbonyl (C=O) groups excluding carboxylic acids is 1. The number of hydrogen-bond donors (Lipinski definition) is 2. The molecule has 0 radical (unpaired) electrons. The molecule has 18 heavy (non-hydrogen) atoms. The number of aryl methyl sites for hydroxylation is 1. The molecule has 2 rings (SSSR count). The van der Waals surface area contributed by atoms with Crippen LogP contribution in [0, 0.1) is 0 Å². The molecule has 0 aliphatic heterocycles. The molecule has 1 amide bonds. The Morgan fingerprint density at radius 3 is 3.06 bits per heavy atom. The van der Waals surface area contributed by atoms with Gasteiger partial charge in [-0.2, -0.15) is 0 Å². The highest BCUT2D eigenvalue weighted by molar-refractivity contribution is 7.99. The molecule has 1 heterocycles. The van der Waals surface area contributed by atoms with Gasteiger partial charge in [0, 0.05) is 18.4 Å². The molecule has 0 atom stereocenters. The average molecular weight is 263 g/mol. The molecule has 0 spiro atoms. The Labute approximate surface area is 109 Å². The Balaban J connectivity index is 1.88. The van der Waals surface area contributed by atoms with Crippen LogP contribution in [0.3, 0.4) is 0 Å². The molecule has 94 valence electrons. The van der Waals surface area contributed by atoms with Crippen LogP contribution in [0.4, 0.5) is 11.4 Å². The fourth-order valence-electron chi connectivity index (χ4n) is 1.35. The van der Waals surface area contributed by atoms with Crippen LogP contribution < -0.4 is 11.1 Å². The maximum absolute atomic E-state index is 11.7. The Bertz CT molecular complexity index is 554. The number of hydrogen-bond acceptors (Lipinski definition) is 5. The number of benzene rings is 1. The quantitative estimate of drug-likeness (QED) is 0.638. The van der Waals surface area contributed by atoms with Crippen LogP contribution in [0.1, 0.15) is 0 Å². The third-order valence-electron chi connectivity index (χ3n) is 2.17. The Kier molecular flexibility index (Phi) is 3.83. The summed E-state index contributed by atoms with van der Waals surface area (Å²) in [5.74, 6) is 0.176. The van der Waals surface area contributed by atoms with Crippen LogP contribution in [0.2, 0.25) is 0 Å². The van der Waals surface area contributed by atoms with Gasteiger partial charge >= 0.3 is 0 Å². The lowest BCUT2D eigenvalue weighted by Crippen LogP contribution is -2.14. The van der Waals surface area contributed by atoms with E-state index in [0.717, 1.165) is 0 Å². The first-order valence-corrected chi connectivity index (χ1v) is 6.26. The van der Waals surface area contributed by atoms with E-state index in [9.17, 15) is 4.79 Å². The van der Waals surface area contributed by atoms with E-state index in [2.05, 4.69) is 15.5 Å². The van der Waals surface area contributed by atoms with Crippen molar-refractivity contribution in [2.75, 3.05) is 16.8 Å². The van der Waals surface area contributed by atoms with E-state index < -0.39 is 0 Å². The van der Waals surface area contributed by atoms with E-state index in [4.69, 9.17) is 5.73 Å². The molecule has 3 N–H and O–H groups in total. The van der Waals surface area contributed by atoms with Crippen LogP contribution >= 0.6 is 11.8 Å². The molecule has 0 aliphatic carbocycles. The minimum Gasteiger partial charge on any atom is -0.399 e. The van der Waals surface area contributed by atoms with E-state index in [1.54, 1.807) is 35.2 Å². The van der Waals surface area contributed by atoms with Gasteiger partial charge in [-0.25, -0.2) is 0 Å². The number of anilines is 2. The smallest absolute Gasteiger partial charge is 0.234 e. The first-order valence-electron chi connectivity index (χ1n) is 5.27. The second kappa shape index (κ2) is 5.54. The standard InChI is InChI=1S/C11H13N5OS/c1-16-7-13-15-11(16)18-6-10(17)14-9-4-2-3-8(12)5-9/h2-5,7H,6,12H2,1H3,(H,14,17). The van der Waals surface area contributed by atoms with E-state index in [0.29, 0.717) is 16.5 Å². The summed E-state index contributed by atoms with van der Waals surface area (Å²) in [5, 5.41) is 11.1. The fourth-order valence-corrected chi connectivity index (χ4v) is 2.03. The van der Waals surface area contributed by atoms with Crippen LogP contribution in [-0.4, -0.2) is 26.4 Å². The zero-order valence-corrected chi connectivity index (χ0v) is 10.6. The van der Waals surface area contributed by atoms with Gasteiger partial charge in [0.2, 0.25) is 5.91 Å². The summed E-state index contributed by atoms with van der Waals surface area (Å²) in [6.07, 6.45) is 1.60. The summed E-state index contributed by atoms with van der Waals surface area (Å²) >= 11 is 1.33. The molecule has 6 nitrogen and oxygen atoms in total. The summed E-state index contributed by atoms with van der Waals surface area (Å²) in [6, 6.07) is 7.07. The highest BCUT2D eigenvalue weighted by Gasteiger charge is 2.07. The van der Waals surface area contributed by atoms with Gasteiger partial charge in [0.1, 0.15) is 6.33 Å². The SMILES string of the molecule is Cn1cnnc1SCC(=O)Nc1cccc(N)c1. The number of carbonyl (C=O) groups is 1. The number of nitrogens with two attached hydrogens (primary N) is 1. The van der Waals surface area contributed by atoms with Gasteiger partial charge in [-0.3, -0.25) is 4.79 Å². The maximum atomic E-state index is 11.7. The Morgan fingerprint density at radius 1 is 1.56 bits per heavy atom. The molecule has 0 aliphatic rings. The topological polar surface area (TPSA) is 85.8 Å². The summed E-state index contributed by atoms with van der Waals surface area (Å²) in [5.41, 5.74) is 6.94. The molecule has 1 aromatic carbocycles. The average Bonchev–Trinajstić information content (AvgIpc) is 2.72. The first kappa shape index (κ1) is 12.4. The zero-order chi connectivity index (χ0) is 13.0. The Morgan fingerprint density at radius 2 is 2.39 bits per heavy atom. The van der Waals surface area contributed by atoms with Crippen molar-refractivity contribution in [3.8, 4) is 0 Å². The van der Waals surface area contributed by atoms with Crippen molar-refractivity contribution >= 4 is 29.0 Å². The van der Waals surface area contributed by atoms with Crippen molar-refractivity contribution in [1.29, 1.82) is 0 Å². The molecule has 2 aromatic rings. The molecular weight excluding hydrogens is 250 g/mol. The second-order valence-corrected chi connectivity index (χ2v) is 4.63. The van der Waals surface area contributed by atoms with E-state index in [-0.39, 0.29) is 11.7 Å². The van der Waals surface area contributed by atoms with Crippen LogP contribution in [-0.2, 0) is 11.8 Å². The van der Waals surface area contributed by atoms with Crippen LogP contribution in [0.25, 0.3) is 0 Å². The van der Waals surface area contributed by atoms with Gasteiger partial charge < -0.3 is 15.6 Å². The number of nitrogens with zero attached hydrogens (tertiary/aromatic N) is 3. The van der Waals surface area contributed by atoms with Crippen molar-refractivity contribution < 1.29 is 4.79 Å². The number of aromatic nitrogens is 3. The first-order chi connectivity index (χ1) is 8.65. The molecular formula is C11H13N5OS. The zero-order valence-electron chi connectivity index (χ0n) is 9.83. The number of thioether (sulfide) groups is 1. The molecule has 1 aromatic heterocycles. The third-order valence-corrected chi connectivity index (χ3v) is 3.21. The minimum absolute atomic E-state index is 0.103. The maximum Gasteiger partial charge on any atom is 0.234 e. The summed E-state index contributed by atoms with van der Waals surface area (Å²) in [6.45, 7) is 0. The molecule has 0 fully saturated rings. The molecule has 7 heteroatoms. The number of nitrogen functional groups attached to an aromatic ring is 1. The fraction of sp³-hybridized carbons (Fsp3) is 0.182. The van der Waals surface area contributed by atoms with Crippen molar-refractivity contribution in [3.05, 3.63) is 30.6 Å². The van der Waals surface area contributed by atoms with Gasteiger partial charge in [-0.1, -0.05) is 17.8 Å². The van der Waals surface area contributed by atoms with Crippen LogP contribution in [0.15, 0.2) is 35.7 Å². The molecule has 0 bridgehead atoms. The summed E-state index contributed by atoms with van der Waals surface area (Å²) in [4.78, 5) is 11.7. The van der Waals surface area contributed by atoms with E-state index in [1.165, 1.54) is 11.8 Å². The largest absolute Gasteiger partial charge is 0.399 e. The lowest BCUT2D eigenvalue weighted by Gasteiger charge is -2.05. The number of amides is 1. The van der Waals surface area contributed by atoms with E-state index in [1.807, 2.05) is 7.05 Å². The number of nitrogens with one attached hydrogen (secondary N) is 1. The van der Waals surface area contributed by atoms with Gasteiger partial charge in [0.05, 0.1) is 5.75 Å². The third kappa shape index (κ3) is 3.24. The normalized spacial score (nSPS) is 10.3. The van der Waals surface area contributed by atoms with Crippen molar-refractivity contribution in [1.82, 2.24) is 14.8 Å². The van der Waals surface area contributed by atoms with Crippen molar-refractivity contribution in [2.45, 2.75) is 5.16 Å². The second-order valence-electron chi connectivity index (χ2n) is 3.69. The summed E-state index contributed by atoms with van der Waals surface area (Å²) < 4.78 is 1.76. The van der Waals surface area contributed by atoms with Crippen LogP contribution in [0.5, 0.6) is 0 Å². The lowest BCUT2D eigenvalue weighted by atomic mass is 10.3. The predicted octanol–water partition coefficient (Wildman–Crippen LogP) is 1.13.